The molecule has 1 rings (SSSR count). The third-order valence-electron chi connectivity index (χ3n) is 5.24. The molecule has 2 heteroatoms. The summed E-state index contributed by atoms with van der Waals surface area (Å²) in [6.45, 7) is 12.5. The van der Waals surface area contributed by atoms with E-state index >= 15 is 0 Å². The molecular weight excluding hydrogens is 196 g/mol. The van der Waals surface area contributed by atoms with Gasteiger partial charge in [0.05, 0.1) is 0 Å². The van der Waals surface area contributed by atoms with E-state index in [0.717, 1.165) is 6.54 Å². The lowest BCUT2D eigenvalue weighted by Gasteiger charge is -2.51. The zero-order chi connectivity index (χ0) is 12.6. The van der Waals surface area contributed by atoms with Crippen molar-refractivity contribution < 1.29 is 0 Å². The predicted molar refractivity (Wildman–Crippen MR) is 71.5 cm³/mol. The first-order valence-corrected chi connectivity index (χ1v) is 6.71. The standard InChI is InChI=1S/C14H30N2/c1-11(2)12(3)16(6)14(10-15)9-7-8-13(14,4)5/h11-12H,7-10,15H2,1-6H3. The van der Waals surface area contributed by atoms with Gasteiger partial charge < -0.3 is 5.73 Å². The van der Waals surface area contributed by atoms with Crippen LogP contribution in [0.3, 0.4) is 0 Å². The van der Waals surface area contributed by atoms with Crippen LogP contribution in [0, 0.1) is 11.3 Å². The lowest BCUT2D eigenvalue weighted by Crippen LogP contribution is -2.61. The van der Waals surface area contributed by atoms with Gasteiger partial charge in [-0.2, -0.15) is 0 Å². The van der Waals surface area contributed by atoms with E-state index in [-0.39, 0.29) is 5.54 Å². The molecule has 0 radical (unpaired) electrons. The summed E-state index contributed by atoms with van der Waals surface area (Å²) in [6.07, 6.45) is 3.88. The van der Waals surface area contributed by atoms with Crippen LogP contribution >= 0.6 is 0 Å². The smallest absolute Gasteiger partial charge is 0.0382 e. The highest BCUT2D eigenvalue weighted by atomic mass is 15.2. The highest BCUT2D eigenvalue weighted by molar-refractivity contribution is 5.07. The number of nitrogens with zero attached hydrogens (tertiary/aromatic N) is 1. The van der Waals surface area contributed by atoms with Crippen LogP contribution in [0.2, 0.25) is 0 Å². The Morgan fingerprint density at radius 2 is 1.75 bits per heavy atom. The van der Waals surface area contributed by atoms with Crippen molar-refractivity contribution in [3.63, 3.8) is 0 Å². The Balaban J connectivity index is 2.96. The maximum Gasteiger partial charge on any atom is 0.0382 e. The Kier molecular flexibility index (Phi) is 4.07. The van der Waals surface area contributed by atoms with Crippen molar-refractivity contribution in [2.24, 2.45) is 17.1 Å². The molecule has 0 aromatic rings. The summed E-state index contributed by atoms with van der Waals surface area (Å²) in [5.41, 5.74) is 6.69. The lowest BCUT2D eigenvalue weighted by atomic mass is 9.73. The van der Waals surface area contributed by atoms with E-state index in [1.807, 2.05) is 0 Å². The van der Waals surface area contributed by atoms with E-state index in [1.54, 1.807) is 0 Å². The maximum atomic E-state index is 6.14. The SMILES string of the molecule is CC(C)C(C)N(C)C1(CN)CCCC1(C)C. The molecule has 0 aromatic carbocycles. The normalized spacial score (nSPS) is 31.3. The van der Waals surface area contributed by atoms with Gasteiger partial charge in [-0.05, 0) is 38.1 Å². The number of likely N-dealkylation sites (N-methyl/N-ethyl adjacent to an activating group) is 1. The second kappa shape index (κ2) is 4.66. The van der Waals surface area contributed by atoms with Gasteiger partial charge >= 0.3 is 0 Å². The van der Waals surface area contributed by atoms with Crippen LogP contribution in [0.25, 0.3) is 0 Å². The van der Waals surface area contributed by atoms with E-state index in [0.29, 0.717) is 17.4 Å². The highest BCUT2D eigenvalue weighted by Crippen LogP contribution is 2.49. The van der Waals surface area contributed by atoms with Crippen LogP contribution < -0.4 is 5.73 Å². The maximum absolute atomic E-state index is 6.14. The van der Waals surface area contributed by atoms with Crippen molar-refractivity contribution in [3.8, 4) is 0 Å². The van der Waals surface area contributed by atoms with Crippen LogP contribution in [-0.2, 0) is 0 Å². The first-order chi connectivity index (χ1) is 7.28. The van der Waals surface area contributed by atoms with E-state index in [9.17, 15) is 0 Å². The zero-order valence-electron chi connectivity index (χ0n) is 12.0. The fourth-order valence-electron chi connectivity index (χ4n) is 3.41. The minimum Gasteiger partial charge on any atom is -0.329 e. The number of rotatable bonds is 4. The lowest BCUT2D eigenvalue weighted by molar-refractivity contribution is -0.00618. The minimum atomic E-state index is 0.205. The highest BCUT2D eigenvalue weighted by Gasteiger charge is 2.51. The first kappa shape index (κ1) is 14.0. The molecule has 1 aliphatic carbocycles. The summed E-state index contributed by atoms with van der Waals surface area (Å²) in [4.78, 5) is 2.56. The fraction of sp³-hybridized carbons (Fsp3) is 1.00. The van der Waals surface area contributed by atoms with Gasteiger partial charge in [0, 0.05) is 18.1 Å². The molecule has 1 saturated carbocycles. The number of nitrogens with two attached hydrogens (primary N) is 1. The van der Waals surface area contributed by atoms with Gasteiger partial charge in [0.15, 0.2) is 0 Å². The minimum absolute atomic E-state index is 0.205. The van der Waals surface area contributed by atoms with Gasteiger partial charge in [0.1, 0.15) is 0 Å². The molecule has 96 valence electrons. The predicted octanol–water partition coefficient (Wildman–Crippen LogP) is 2.87. The van der Waals surface area contributed by atoms with Crippen molar-refractivity contribution >= 4 is 0 Å². The van der Waals surface area contributed by atoms with Crippen molar-refractivity contribution in [1.82, 2.24) is 4.90 Å². The molecule has 1 fully saturated rings. The average molecular weight is 226 g/mol. The van der Waals surface area contributed by atoms with Crippen molar-refractivity contribution in [2.45, 2.75) is 65.5 Å². The third kappa shape index (κ3) is 2.02. The molecule has 0 amide bonds. The molecule has 2 atom stereocenters. The van der Waals surface area contributed by atoms with Gasteiger partial charge in [-0.25, -0.2) is 0 Å². The molecule has 0 bridgehead atoms. The second-order valence-electron chi connectivity index (χ2n) is 6.57. The van der Waals surface area contributed by atoms with E-state index in [4.69, 9.17) is 5.73 Å². The monoisotopic (exact) mass is 226 g/mol. The summed E-state index contributed by atoms with van der Waals surface area (Å²) in [6, 6.07) is 0.598. The zero-order valence-corrected chi connectivity index (χ0v) is 12.0. The van der Waals surface area contributed by atoms with Crippen LogP contribution in [-0.4, -0.2) is 30.1 Å². The Bertz CT molecular complexity index is 235. The summed E-state index contributed by atoms with van der Waals surface area (Å²) < 4.78 is 0. The van der Waals surface area contributed by atoms with Gasteiger partial charge in [-0.15, -0.1) is 0 Å². The Morgan fingerprint density at radius 1 is 1.19 bits per heavy atom. The molecule has 0 aliphatic heterocycles. The van der Waals surface area contributed by atoms with E-state index in [1.165, 1.54) is 19.3 Å². The van der Waals surface area contributed by atoms with Crippen LogP contribution in [0.4, 0.5) is 0 Å². The second-order valence-corrected chi connectivity index (χ2v) is 6.57. The molecule has 0 aromatic heterocycles. The molecule has 0 heterocycles. The molecular formula is C14H30N2. The Hall–Kier alpha value is -0.0800. The van der Waals surface area contributed by atoms with Crippen LogP contribution in [0.5, 0.6) is 0 Å². The molecule has 2 N–H and O–H groups in total. The quantitative estimate of drug-likeness (QED) is 0.798. The molecule has 1 aliphatic rings. The van der Waals surface area contributed by atoms with Crippen LogP contribution in [0.1, 0.15) is 53.9 Å². The average Bonchev–Trinajstić information content (AvgIpc) is 2.51. The van der Waals surface area contributed by atoms with Crippen LogP contribution in [0.15, 0.2) is 0 Å². The van der Waals surface area contributed by atoms with Gasteiger partial charge in [0.2, 0.25) is 0 Å². The summed E-state index contributed by atoms with van der Waals surface area (Å²) in [7, 11) is 2.27. The van der Waals surface area contributed by atoms with Gasteiger partial charge in [-0.1, -0.05) is 34.1 Å². The fourth-order valence-corrected chi connectivity index (χ4v) is 3.41. The molecule has 0 spiro atoms. The molecule has 2 nitrogen and oxygen atoms in total. The largest absolute Gasteiger partial charge is 0.329 e. The summed E-state index contributed by atoms with van der Waals surface area (Å²) in [5.74, 6) is 0.685. The molecule has 2 unspecified atom stereocenters. The van der Waals surface area contributed by atoms with E-state index < -0.39 is 0 Å². The Labute approximate surface area is 102 Å². The summed E-state index contributed by atoms with van der Waals surface area (Å²) >= 11 is 0. The van der Waals surface area contributed by atoms with Crippen molar-refractivity contribution in [1.29, 1.82) is 0 Å². The number of hydrogen-bond donors (Lipinski definition) is 1. The van der Waals surface area contributed by atoms with Crippen molar-refractivity contribution in [3.05, 3.63) is 0 Å². The topological polar surface area (TPSA) is 29.3 Å². The first-order valence-electron chi connectivity index (χ1n) is 6.71. The summed E-state index contributed by atoms with van der Waals surface area (Å²) in [5, 5.41) is 0. The third-order valence-corrected chi connectivity index (χ3v) is 5.24. The molecule has 16 heavy (non-hydrogen) atoms. The number of hydrogen-bond acceptors (Lipinski definition) is 2. The van der Waals surface area contributed by atoms with Gasteiger partial charge in [0.25, 0.3) is 0 Å². The Morgan fingerprint density at radius 3 is 2.06 bits per heavy atom. The van der Waals surface area contributed by atoms with Crippen molar-refractivity contribution in [2.75, 3.05) is 13.6 Å². The molecule has 0 saturated heterocycles. The van der Waals surface area contributed by atoms with Gasteiger partial charge in [-0.3, -0.25) is 4.90 Å². The van der Waals surface area contributed by atoms with E-state index in [2.05, 4.69) is 46.6 Å².